The van der Waals surface area contributed by atoms with Gasteiger partial charge < -0.3 is 15.4 Å². The minimum atomic E-state index is 0.337. The second-order valence-corrected chi connectivity index (χ2v) is 7.98. The third-order valence-electron chi connectivity index (χ3n) is 5.61. The molecule has 1 aromatic heterocycles. The summed E-state index contributed by atoms with van der Waals surface area (Å²) in [6.45, 7) is 3.99. The first-order chi connectivity index (χ1) is 13.3. The van der Waals surface area contributed by atoms with E-state index < -0.39 is 0 Å². The van der Waals surface area contributed by atoms with Gasteiger partial charge in [-0.15, -0.1) is 0 Å². The molecule has 0 aliphatic carbocycles. The summed E-state index contributed by atoms with van der Waals surface area (Å²) in [5.74, 6) is 0.337. The molecule has 0 saturated heterocycles. The number of phenols is 1. The monoisotopic (exact) mass is 372 g/mol. The lowest BCUT2D eigenvalue weighted by atomic mass is 10.1. The minimum absolute atomic E-state index is 0.337. The largest absolute Gasteiger partial charge is 0.508 e. The zero-order valence-electron chi connectivity index (χ0n) is 17.4. The Morgan fingerprint density at radius 3 is 2.04 bits per heavy atom. The molecule has 0 radical (unpaired) electrons. The molecular formula is C24H40N2O. The summed E-state index contributed by atoms with van der Waals surface area (Å²) in [5, 5.41) is 10.9. The lowest BCUT2D eigenvalue weighted by molar-refractivity contribution is 0.476. The van der Waals surface area contributed by atoms with Crippen LogP contribution in [0, 0.1) is 0 Å². The highest BCUT2D eigenvalue weighted by molar-refractivity contribution is 5.85. The van der Waals surface area contributed by atoms with Gasteiger partial charge in [-0.05, 0) is 43.1 Å². The summed E-state index contributed by atoms with van der Waals surface area (Å²) in [5.41, 5.74) is 8.22. The third kappa shape index (κ3) is 7.57. The number of nitrogens with two attached hydrogens (primary N) is 1. The summed E-state index contributed by atoms with van der Waals surface area (Å²) < 4.78 is 2.34. The first-order valence-corrected chi connectivity index (χ1v) is 11.3. The van der Waals surface area contributed by atoms with Crippen LogP contribution in [0.1, 0.15) is 89.5 Å². The van der Waals surface area contributed by atoms with E-state index in [0.717, 1.165) is 18.4 Å². The number of hydrogen-bond acceptors (Lipinski definition) is 2. The highest BCUT2D eigenvalue weighted by atomic mass is 16.3. The molecule has 3 nitrogen and oxygen atoms in total. The fourth-order valence-corrected chi connectivity index (χ4v) is 4.02. The van der Waals surface area contributed by atoms with Gasteiger partial charge in [-0.1, -0.05) is 77.6 Å². The van der Waals surface area contributed by atoms with Crippen molar-refractivity contribution in [3.63, 3.8) is 0 Å². The van der Waals surface area contributed by atoms with Crippen LogP contribution >= 0.6 is 0 Å². The fraction of sp³-hybridized carbons (Fsp3) is 0.667. The molecule has 27 heavy (non-hydrogen) atoms. The first kappa shape index (κ1) is 21.8. The number of rotatable bonds is 15. The van der Waals surface area contributed by atoms with Crippen molar-refractivity contribution in [3.8, 4) is 5.75 Å². The Kier molecular flexibility index (Phi) is 10.4. The summed E-state index contributed by atoms with van der Waals surface area (Å²) in [4.78, 5) is 0. The fourth-order valence-electron chi connectivity index (χ4n) is 4.02. The molecule has 0 atom stereocenters. The van der Waals surface area contributed by atoms with E-state index >= 15 is 0 Å². The van der Waals surface area contributed by atoms with Crippen LogP contribution in [-0.2, 0) is 13.0 Å². The lowest BCUT2D eigenvalue weighted by Gasteiger charge is -2.06. The Hall–Kier alpha value is -1.48. The van der Waals surface area contributed by atoms with Crippen molar-refractivity contribution < 1.29 is 5.11 Å². The van der Waals surface area contributed by atoms with E-state index in [1.54, 1.807) is 6.07 Å². The number of aromatic nitrogens is 1. The van der Waals surface area contributed by atoms with E-state index in [9.17, 15) is 5.11 Å². The van der Waals surface area contributed by atoms with Crippen LogP contribution < -0.4 is 5.73 Å². The van der Waals surface area contributed by atoms with E-state index in [4.69, 9.17) is 5.73 Å². The van der Waals surface area contributed by atoms with E-state index in [-0.39, 0.29) is 0 Å². The van der Waals surface area contributed by atoms with Gasteiger partial charge >= 0.3 is 0 Å². The highest BCUT2D eigenvalue weighted by Gasteiger charge is 2.08. The number of fused-ring (bicyclic) bond motifs is 1. The molecule has 0 unspecified atom stereocenters. The van der Waals surface area contributed by atoms with Crippen LogP contribution in [0.2, 0.25) is 0 Å². The highest BCUT2D eigenvalue weighted by Crippen LogP contribution is 2.26. The topological polar surface area (TPSA) is 51.2 Å². The van der Waals surface area contributed by atoms with Gasteiger partial charge in [0.2, 0.25) is 0 Å². The van der Waals surface area contributed by atoms with E-state index in [1.807, 2.05) is 12.1 Å². The molecular weight excluding hydrogens is 332 g/mol. The zero-order valence-corrected chi connectivity index (χ0v) is 17.4. The van der Waals surface area contributed by atoms with Crippen molar-refractivity contribution in [3.05, 3.63) is 30.0 Å². The van der Waals surface area contributed by atoms with Crippen molar-refractivity contribution in [1.29, 1.82) is 0 Å². The van der Waals surface area contributed by atoms with Gasteiger partial charge in [-0.25, -0.2) is 0 Å². The standard InChI is InChI=1S/C24H40N2O/c1-2-3-4-5-6-7-8-9-10-11-12-13-18-26-20-21(16-17-25)23-19-22(27)14-15-24(23)26/h14-15,19-20,27H,2-13,16-18,25H2,1H3. The molecule has 0 saturated carbocycles. The van der Waals surface area contributed by atoms with Crippen LogP contribution in [0.5, 0.6) is 5.75 Å². The molecule has 2 rings (SSSR count). The van der Waals surface area contributed by atoms with Crippen molar-refractivity contribution >= 4 is 10.9 Å². The second kappa shape index (κ2) is 12.8. The van der Waals surface area contributed by atoms with Crippen molar-refractivity contribution in [1.82, 2.24) is 4.57 Å². The maximum Gasteiger partial charge on any atom is 0.116 e. The molecule has 0 bridgehead atoms. The maximum atomic E-state index is 9.78. The van der Waals surface area contributed by atoms with Crippen LogP contribution in [0.15, 0.2) is 24.4 Å². The number of hydrogen-bond donors (Lipinski definition) is 2. The van der Waals surface area contributed by atoms with Gasteiger partial charge in [0, 0.05) is 23.6 Å². The summed E-state index contributed by atoms with van der Waals surface area (Å²) in [7, 11) is 0. The number of nitrogens with zero attached hydrogens (tertiary/aromatic N) is 1. The molecule has 0 aliphatic rings. The Morgan fingerprint density at radius 1 is 0.852 bits per heavy atom. The maximum absolute atomic E-state index is 9.78. The molecule has 152 valence electrons. The number of aromatic hydroxyl groups is 1. The van der Waals surface area contributed by atoms with Gasteiger partial charge in [-0.2, -0.15) is 0 Å². The third-order valence-corrected chi connectivity index (χ3v) is 5.61. The quantitative estimate of drug-likeness (QED) is 0.348. The summed E-state index contributed by atoms with van der Waals surface area (Å²) >= 11 is 0. The smallest absolute Gasteiger partial charge is 0.116 e. The molecule has 1 heterocycles. The average molecular weight is 373 g/mol. The molecule has 3 N–H and O–H groups in total. The van der Waals surface area contributed by atoms with Crippen molar-refractivity contribution in [2.24, 2.45) is 5.73 Å². The number of unbranched alkanes of at least 4 members (excludes halogenated alkanes) is 11. The van der Waals surface area contributed by atoms with Gasteiger partial charge in [-0.3, -0.25) is 0 Å². The Balaban J connectivity index is 1.62. The number of phenolic OH excluding ortho intramolecular Hbond substituents is 1. The van der Waals surface area contributed by atoms with Crippen LogP contribution in [0.3, 0.4) is 0 Å². The first-order valence-electron chi connectivity index (χ1n) is 11.3. The molecule has 1 aromatic carbocycles. The molecule has 0 spiro atoms. The lowest BCUT2D eigenvalue weighted by Crippen LogP contribution is -2.02. The van der Waals surface area contributed by atoms with Crippen LogP contribution in [0.25, 0.3) is 10.9 Å². The normalized spacial score (nSPS) is 11.5. The Labute approximate surface area is 166 Å². The van der Waals surface area contributed by atoms with Crippen molar-refractivity contribution in [2.45, 2.75) is 96.9 Å². The average Bonchev–Trinajstić information content (AvgIpc) is 3.00. The van der Waals surface area contributed by atoms with Gasteiger partial charge in [0.05, 0.1) is 0 Å². The van der Waals surface area contributed by atoms with Gasteiger partial charge in [0.1, 0.15) is 5.75 Å². The minimum Gasteiger partial charge on any atom is -0.508 e. The predicted molar refractivity (Wildman–Crippen MR) is 117 cm³/mol. The Morgan fingerprint density at radius 2 is 1.44 bits per heavy atom. The molecule has 0 amide bonds. The van der Waals surface area contributed by atoms with Crippen molar-refractivity contribution in [2.75, 3.05) is 6.54 Å². The van der Waals surface area contributed by atoms with E-state index in [1.165, 1.54) is 88.1 Å². The van der Waals surface area contributed by atoms with E-state index in [2.05, 4.69) is 17.7 Å². The SMILES string of the molecule is CCCCCCCCCCCCCCn1cc(CCN)c2cc(O)ccc21. The summed E-state index contributed by atoms with van der Waals surface area (Å²) in [6.07, 6.45) is 19.7. The molecule has 0 aliphatic heterocycles. The molecule has 2 aromatic rings. The second-order valence-electron chi connectivity index (χ2n) is 7.98. The zero-order chi connectivity index (χ0) is 19.3. The van der Waals surface area contributed by atoms with E-state index in [0.29, 0.717) is 12.3 Å². The number of benzene rings is 1. The number of aryl methyl sites for hydroxylation is 1. The predicted octanol–water partition coefficient (Wildman–Crippen LogP) is 6.55. The van der Waals surface area contributed by atoms with Gasteiger partial charge in [0.25, 0.3) is 0 Å². The van der Waals surface area contributed by atoms with Crippen LogP contribution in [-0.4, -0.2) is 16.2 Å². The summed E-state index contributed by atoms with van der Waals surface area (Å²) in [6, 6.07) is 5.69. The molecule has 3 heteroatoms. The van der Waals surface area contributed by atoms with Crippen LogP contribution in [0.4, 0.5) is 0 Å². The van der Waals surface area contributed by atoms with Gasteiger partial charge in [0.15, 0.2) is 0 Å². The Bertz CT molecular complexity index is 647. The molecule has 0 fully saturated rings.